The Bertz CT molecular complexity index is 1930. The first-order chi connectivity index (χ1) is 24.0. The van der Waals surface area contributed by atoms with E-state index < -0.39 is 60.6 Å². The number of benzene rings is 3. The van der Waals surface area contributed by atoms with Gasteiger partial charge in [0, 0.05) is 34.7 Å². The lowest BCUT2D eigenvalue weighted by molar-refractivity contribution is -0.268. The standard InChI is InChI=1S/C38H39NO11/c1-17-32(42)36(46)37(47)38(48-17)50-26-15-24-30(34(44)28(26)20-9-11-39-12-10-20)35(45)29-23(16-40)14-25(49-18(2)41)27(31(29)33(24)43)22-8-7-19-5-3-4-6-21(19)13-22/h3-6,13-15,17,20,32,36-40,42,44,46-47H,7-12,16H2,1-2H3. The van der Waals surface area contributed by atoms with Gasteiger partial charge in [0.05, 0.1) is 18.3 Å². The van der Waals surface area contributed by atoms with Crippen LogP contribution in [0.15, 0.2) is 36.4 Å². The molecule has 2 aliphatic heterocycles. The van der Waals surface area contributed by atoms with Crippen LogP contribution in [0, 0.1) is 0 Å². The smallest absolute Gasteiger partial charge is 0.308 e. The second-order valence-electron chi connectivity index (χ2n) is 13.3. The molecule has 2 fully saturated rings. The number of hydrogen-bond donors (Lipinski definition) is 6. The van der Waals surface area contributed by atoms with E-state index in [1.807, 2.05) is 30.3 Å². The van der Waals surface area contributed by atoms with E-state index in [1.54, 1.807) is 0 Å². The zero-order chi connectivity index (χ0) is 35.4. The van der Waals surface area contributed by atoms with E-state index in [9.17, 15) is 39.9 Å². The van der Waals surface area contributed by atoms with Crippen LogP contribution in [0.5, 0.6) is 17.2 Å². The Morgan fingerprint density at radius 1 is 0.920 bits per heavy atom. The Morgan fingerprint density at radius 3 is 2.38 bits per heavy atom. The largest absolute Gasteiger partial charge is 0.507 e. The van der Waals surface area contributed by atoms with E-state index in [4.69, 9.17) is 14.2 Å². The Morgan fingerprint density at radius 2 is 1.66 bits per heavy atom. The lowest BCUT2D eigenvalue weighted by atomic mass is 9.74. The number of carbonyl (C=O) groups excluding carboxylic acids is 3. The number of allylic oxidation sites excluding steroid dienone is 1. The normalized spacial score (nSPS) is 24.9. The Labute approximate surface area is 287 Å². The molecule has 0 amide bonds. The molecule has 0 radical (unpaired) electrons. The van der Waals surface area contributed by atoms with Gasteiger partial charge in [-0.3, -0.25) is 14.4 Å². The van der Waals surface area contributed by atoms with Crippen LogP contribution in [0.3, 0.4) is 0 Å². The maximum Gasteiger partial charge on any atom is 0.308 e. The summed E-state index contributed by atoms with van der Waals surface area (Å²) in [6, 6.07) is 10.5. The number of rotatable bonds is 6. The quantitative estimate of drug-likeness (QED) is 0.129. The van der Waals surface area contributed by atoms with Gasteiger partial charge in [0.2, 0.25) is 6.29 Å². The number of nitrogens with one attached hydrogen (secondary N) is 1. The number of hydrogen-bond acceptors (Lipinski definition) is 12. The molecule has 0 saturated carbocycles. The molecular weight excluding hydrogens is 646 g/mol. The van der Waals surface area contributed by atoms with E-state index in [2.05, 4.69) is 5.32 Å². The molecule has 2 aliphatic carbocycles. The fourth-order valence-electron chi connectivity index (χ4n) is 7.67. The van der Waals surface area contributed by atoms with Crippen LogP contribution < -0.4 is 14.8 Å². The van der Waals surface area contributed by atoms with E-state index in [-0.39, 0.29) is 56.4 Å². The van der Waals surface area contributed by atoms with E-state index in [0.717, 1.165) is 11.1 Å². The van der Waals surface area contributed by atoms with Gasteiger partial charge in [-0.15, -0.1) is 0 Å². The van der Waals surface area contributed by atoms with Crippen molar-refractivity contribution in [1.82, 2.24) is 5.32 Å². The highest BCUT2D eigenvalue weighted by atomic mass is 16.7. The summed E-state index contributed by atoms with van der Waals surface area (Å²) < 4.78 is 17.5. The number of aliphatic hydroxyl groups is 4. The van der Waals surface area contributed by atoms with Crippen molar-refractivity contribution >= 4 is 29.2 Å². The van der Waals surface area contributed by atoms with Gasteiger partial charge < -0.3 is 45.1 Å². The van der Waals surface area contributed by atoms with Gasteiger partial charge in [-0.1, -0.05) is 30.3 Å². The van der Waals surface area contributed by atoms with Crippen molar-refractivity contribution < 1.29 is 54.1 Å². The minimum absolute atomic E-state index is 0.0165. The Hall–Kier alpha value is -4.43. The van der Waals surface area contributed by atoms with Crippen LogP contribution >= 0.6 is 0 Å². The van der Waals surface area contributed by atoms with Crippen molar-refractivity contribution in [2.45, 2.75) is 82.8 Å². The van der Waals surface area contributed by atoms with Gasteiger partial charge in [-0.05, 0) is 86.0 Å². The number of ether oxygens (including phenoxy) is 3. The zero-order valence-corrected chi connectivity index (χ0v) is 27.6. The van der Waals surface area contributed by atoms with Crippen molar-refractivity contribution in [3.05, 3.63) is 86.5 Å². The predicted molar refractivity (Wildman–Crippen MR) is 179 cm³/mol. The number of phenols is 1. The molecule has 12 heteroatoms. The van der Waals surface area contributed by atoms with E-state index >= 15 is 0 Å². The highest BCUT2D eigenvalue weighted by Gasteiger charge is 2.45. The van der Waals surface area contributed by atoms with Gasteiger partial charge in [-0.2, -0.15) is 0 Å². The summed E-state index contributed by atoms with van der Waals surface area (Å²) in [7, 11) is 0. The Kier molecular flexibility index (Phi) is 9.10. The summed E-state index contributed by atoms with van der Waals surface area (Å²) >= 11 is 0. The van der Waals surface area contributed by atoms with Crippen LogP contribution in [0.25, 0.3) is 11.6 Å². The topological polar surface area (TPSA) is 192 Å². The van der Waals surface area contributed by atoms with Crippen molar-refractivity contribution in [2.24, 2.45) is 0 Å². The third kappa shape index (κ3) is 5.71. The van der Waals surface area contributed by atoms with Crippen LogP contribution in [-0.4, -0.2) is 86.9 Å². The number of fused-ring (bicyclic) bond motifs is 3. The summed E-state index contributed by atoms with van der Waals surface area (Å²) in [5.41, 5.74) is 2.60. The first kappa shape index (κ1) is 34.0. The highest BCUT2D eigenvalue weighted by molar-refractivity contribution is 6.31. The number of phenolic OH excluding ortho intramolecular Hbond substituents is 1. The fraction of sp³-hybridized carbons (Fsp3) is 0.395. The summed E-state index contributed by atoms with van der Waals surface area (Å²) in [6.45, 7) is 3.29. The maximum atomic E-state index is 14.8. The third-order valence-corrected chi connectivity index (χ3v) is 10.2. The molecule has 5 unspecified atom stereocenters. The van der Waals surface area contributed by atoms with Crippen LogP contribution in [0.4, 0.5) is 0 Å². The Balaban J connectivity index is 1.44. The van der Waals surface area contributed by atoms with Gasteiger partial charge in [0.15, 0.2) is 11.6 Å². The number of aryl methyl sites for hydroxylation is 1. The van der Waals surface area contributed by atoms with Crippen LogP contribution in [0.1, 0.15) is 98.7 Å². The summed E-state index contributed by atoms with van der Waals surface area (Å²) in [5, 5.41) is 57.3. The second kappa shape index (κ2) is 13.4. The summed E-state index contributed by atoms with van der Waals surface area (Å²) in [4.78, 5) is 41.8. The number of aromatic hydroxyl groups is 1. The molecule has 6 N–H and O–H groups in total. The molecule has 0 aromatic heterocycles. The summed E-state index contributed by atoms with van der Waals surface area (Å²) in [6.07, 6.45) is -2.97. The van der Waals surface area contributed by atoms with E-state index in [1.165, 1.54) is 26.0 Å². The average Bonchev–Trinajstić information content (AvgIpc) is 3.11. The predicted octanol–water partition coefficient (Wildman–Crippen LogP) is 2.75. The summed E-state index contributed by atoms with van der Waals surface area (Å²) in [5.74, 6) is -2.81. The fourth-order valence-corrected chi connectivity index (χ4v) is 7.67. The molecule has 3 aromatic rings. The van der Waals surface area contributed by atoms with Gasteiger partial charge in [-0.25, -0.2) is 0 Å². The van der Waals surface area contributed by atoms with Crippen molar-refractivity contribution in [1.29, 1.82) is 0 Å². The van der Waals surface area contributed by atoms with Gasteiger partial charge in [0.1, 0.15) is 35.6 Å². The molecule has 12 nitrogen and oxygen atoms in total. The lowest BCUT2D eigenvalue weighted by Crippen LogP contribution is -2.58. The van der Waals surface area contributed by atoms with Crippen LogP contribution in [-0.2, 0) is 22.6 Å². The molecule has 2 saturated heterocycles. The molecule has 262 valence electrons. The molecule has 2 heterocycles. The zero-order valence-electron chi connectivity index (χ0n) is 27.6. The molecule has 7 rings (SSSR count). The number of carbonyl (C=O) groups is 3. The maximum absolute atomic E-state index is 14.8. The SMILES string of the molecule is CC(=O)Oc1cc(CO)c2c(c1C1=Cc3ccccc3CC1)C(=O)c1cc(OC3OC(C)C(O)C(O)C3O)c(C3CCNCC3)c(O)c1C2=O. The number of piperidine rings is 1. The average molecular weight is 686 g/mol. The van der Waals surface area contributed by atoms with E-state index in [0.29, 0.717) is 44.3 Å². The van der Waals surface area contributed by atoms with Crippen molar-refractivity contribution in [3.8, 4) is 17.2 Å². The molecular formula is C38H39NO11. The highest BCUT2D eigenvalue weighted by Crippen LogP contribution is 2.49. The monoisotopic (exact) mass is 685 g/mol. The van der Waals surface area contributed by atoms with Gasteiger partial charge >= 0.3 is 5.97 Å². The molecule has 0 bridgehead atoms. The van der Waals surface area contributed by atoms with Crippen molar-refractivity contribution in [3.63, 3.8) is 0 Å². The molecule has 4 aliphatic rings. The number of esters is 1. The number of aliphatic hydroxyl groups excluding tert-OH is 4. The first-order valence-electron chi connectivity index (χ1n) is 16.8. The molecule has 3 aromatic carbocycles. The molecule has 50 heavy (non-hydrogen) atoms. The minimum Gasteiger partial charge on any atom is -0.507 e. The number of ketones is 2. The van der Waals surface area contributed by atoms with Crippen molar-refractivity contribution in [2.75, 3.05) is 13.1 Å². The van der Waals surface area contributed by atoms with Crippen LogP contribution in [0.2, 0.25) is 0 Å². The first-order valence-corrected chi connectivity index (χ1v) is 16.8. The molecule has 5 atom stereocenters. The lowest BCUT2D eigenvalue weighted by Gasteiger charge is -2.39. The second-order valence-corrected chi connectivity index (χ2v) is 13.3. The molecule has 0 spiro atoms. The van der Waals surface area contributed by atoms with Gasteiger partial charge in [0.25, 0.3) is 0 Å². The third-order valence-electron chi connectivity index (χ3n) is 10.2. The minimum atomic E-state index is -1.68.